The molecule has 2 heterocycles. The van der Waals surface area contributed by atoms with Gasteiger partial charge in [-0.3, -0.25) is 9.78 Å². The van der Waals surface area contributed by atoms with E-state index in [1.807, 2.05) is 30.0 Å². The molecular formula is C19H28N2O. The lowest BCUT2D eigenvalue weighted by molar-refractivity contribution is -0.131. The van der Waals surface area contributed by atoms with Crippen molar-refractivity contribution < 1.29 is 4.79 Å². The maximum Gasteiger partial charge on any atom is 0.222 e. The Morgan fingerprint density at radius 3 is 2.68 bits per heavy atom. The molecule has 3 nitrogen and oxygen atoms in total. The van der Waals surface area contributed by atoms with Crippen LogP contribution in [0, 0.1) is 6.92 Å². The zero-order chi connectivity index (χ0) is 15.8. The lowest BCUT2D eigenvalue weighted by atomic mass is 10.0. The highest BCUT2D eigenvalue weighted by atomic mass is 16.2. The van der Waals surface area contributed by atoms with E-state index in [1.54, 1.807) is 0 Å². The Balaban J connectivity index is 1.79. The summed E-state index contributed by atoms with van der Waals surface area (Å²) in [5, 5.41) is 0. The summed E-state index contributed by atoms with van der Waals surface area (Å²) in [7, 11) is 0. The van der Waals surface area contributed by atoms with E-state index in [2.05, 4.69) is 18.0 Å². The number of rotatable bonds is 6. The number of amides is 1. The van der Waals surface area contributed by atoms with Gasteiger partial charge in [0.05, 0.1) is 5.69 Å². The zero-order valence-corrected chi connectivity index (χ0v) is 14.0. The standard InChI is InChI=1S/C19H28N2O/c1-3-4-5-6-10-19(22)21-13-11-17(12-14-21)15-18-9-7-8-16(2)20-18/h7-9,15H,3-6,10-14H2,1-2H3. The first kappa shape index (κ1) is 16.7. The topological polar surface area (TPSA) is 33.2 Å². The van der Waals surface area contributed by atoms with Gasteiger partial charge in [-0.1, -0.05) is 37.8 Å². The molecule has 2 rings (SSSR count). The fourth-order valence-electron chi connectivity index (χ4n) is 2.90. The molecule has 3 heteroatoms. The van der Waals surface area contributed by atoms with E-state index in [9.17, 15) is 4.79 Å². The molecule has 1 fully saturated rings. The van der Waals surface area contributed by atoms with Crippen molar-refractivity contribution in [1.82, 2.24) is 9.88 Å². The number of carbonyl (C=O) groups is 1. The highest BCUT2D eigenvalue weighted by Crippen LogP contribution is 2.20. The van der Waals surface area contributed by atoms with E-state index in [0.29, 0.717) is 5.91 Å². The summed E-state index contributed by atoms with van der Waals surface area (Å²) >= 11 is 0. The smallest absolute Gasteiger partial charge is 0.222 e. The van der Waals surface area contributed by atoms with Crippen LogP contribution in [0.5, 0.6) is 0 Å². The van der Waals surface area contributed by atoms with Gasteiger partial charge in [0.2, 0.25) is 5.91 Å². The van der Waals surface area contributed by atoms with Crippen LogP contribution >= 0.6 is 0 Å². The van der Waals surface area contributed by atoms with Crippen molar-refractivity contribution in [3.63, 3.8) is 0 Å². The van der Waals surface area contributed by atoms with Crippen LogP contribution in [-0.2, 0) is 4.79 Å². The fourth-order valence-corrected chi connectivity index (χ4v) is 2.90. The number of pyridine rings is 1. The molecule has 0 atom stereocenters. The molecule has 1 amide bonds. The van der Waals surface area contributed by atoms with Crippen LogP contribution < -0.4 is 0 Å². The summed E-state index contributed by atoms with van der Waals surface area (Å²) in [6.45, 7) is 5.94. The Morgan fingerprint density at radius 1 is 1.23 bits per heavy atom. The molecule has 1 aromatic rings. The van der Waals surface area contributed by atoms with Gasteiger partial charge >= 0.3 is 0 Å². The minimum atomic E-state index is 0.337. The van der Waals surface area contributed by atoms with Crippen molar-refractivity contribution in [3.05, 3.63) is 35.2 Å². The molecule has 0 unspecified atom stereocenters. The second-order valence-electron chi connectivity index (χ2n) is 6.20. The second-order valence-corrected chi connectivity index (χ2v) is 6.20. The van der Waals surface area contributed by atoms with Crippen LogP contribution in [0.2, 0.25) is 0 Å². The van der Waals surface area contributed by atoms with Crippen molar-refractivity contribution in [2.75, 3.05) is 13.1 Å². The molecule has 0 N–H and O–H groups in total. The van der Waals surface area contributed by atoms with Gasteiger partial charge in [0.25, 0.3) is 0 Å². The first-order valence-electron chi connectivity index (χ1n) is 8.60. The lowest BCUT2D eigenvalue weighted by Gasteiger charge is -2.28. The Bertz CT molecular complexity index is 512. The number of unbranched alkanes of at least 4 members (excludes halogenated alkanes) is 3. The molecular weight excluding hydrogens is 272 g/mol. The monoisotopic (exact) mass is 300 g/mol. The van der Waals surface area contributed by atoms with Crippen molar-refractivity contribution in [2.45, 2.75) is 58.8 Å². The fraction of sp³-hybridized carbons (Fsp3) is 0.579. The van der Waals surface area contributed by atoms with E-state index in [4.69, 9.17) is 0 Å². The van der Waals surface area contributed by atoms with Gasteiger partial charge in [-0.2, -0.15) is 0 Å². The molecule has 1 aliphatic rings. The summed E-state index contributed by atoms with van der Waals surface area (Å²) < 4.78 is 0. The summed E-state index contributed by atoms with van der Waals surface area (Å²) in [4.78, 5) is 18.7. The predicted molar refractivity (Wildman–Crippen MR) is 91.5 cm³/mol. The largest absolute Gasteiger partial charge is 0.342 e. The van der Waals surface area contributed by atoms with Gasteiger partial charge in [0, 0.05) is 25.2 Å². The molecule has 0 aliphatic carbocycles. The molecule has 1 saturated heterocycles. The molecule has 22 heavy (non-hydrogen) atoms. The van der Waals surface area contributed by atoms with Crippen LogP contribution in [0.25, 0.3) is 6.08 Å². The molecule has 1 aliphatic heterocycles. The average molecular weight is 300 g/mol. The number of likely N-dealkylation sites (tertiary alicyclic amines) is 1. The third kappa shape index (κ3) is 5.28. The number of aryl methyl sites for hydroxylation is 1. The zero-order valence-electron chi connectivity index (χ0n) is 14.0. The molecule has 1 aromatic heterocycles. The van der Waals surface area contributed by atoms with Crippen LogP contribution in [0.4, 0.5) is 0 Å². The maximum atomic E-state index is 12.2. The SMILES string of the molecule is CCCCCCC(=O)N1CCC(=Cc2cccc(C)n2)CC1. The Morgan fingerprint density at radius 2 is 2.00 bits per heavy atom. The number of carbonyl (C=O) groups excluding carboxylic acids is 1. The molecule has 0 bridgehead atoms. The third-order valence-corrected chi connectivity index (χ3v) is 4.26. The van der Waals surface area contributed by atoms with Gasteiger partial charge in [-0.25, -0.2) is 0 Å². The number of nitrogens with zero attached hydrogens (tertiary/aromatic N) is 2. The lowest BCUT2D eigenvalue weighted by Crippen LogP contribution is -2.36. The number of hydrogen-bond donors (Lipinski definition) is 0. The van der Waals surface area contributed by atoms with E-state index >= 15 is 0 Å². The van der Waals surface area contributed by atoms with E-state index < -0.39 is 0 Å². The van der Waals surface area contributed by atoms with Crippen molar-refractivity contribution in [1.29, 1.82) is 0 Å². The summed E-state index contributed by atoms with van der Waals surface area (Å²) in [6.07, 6.45) is 9.56. The summed E-state index contributed by atoms with van der Waals surface area (Å²) in [5.41, 5.74) is 3.50. The quantitative estimate of drug-likeness (QED) is 0.731. The number of piperidine rings is 1. The van der Waals surface area contributed by atoms with Crippen LogP contribution in [0.3, 0.4) is 0 Å². The van der Waals surface area contributed by atoms with Crippen molar-refractivity contribution in [3.8, 4) is 0 Å². The van der Waals surface area contributed by atoms with Gasteiger partial charge < -0.3 is 4.90 Å². The highest BCUT2D eigenvalue weighted by Gasteiger charge is 2.18. The summed E-state index contributed by atoms with van der Waals surface area (Å²) in [6, 6.07) is 6.11. The first-order valence-corrected chi connectivity index (χ1v) is 8.60. The van der Waals surface area contributed by atoms with Crippen molar-refractivity contribution in [2.24, 2.45) is 0 Å². The van der Waals surface area contributed by atoms with Crippen LogP contribution in [-0.4, -0.2) is 28.9 Å². The van der Waals surface area contributed by atoms with Gasteiger partial charge in [-0.15, -0.1) is 0 Å². The average Bonchev–Trinajstić information content (AvgIpc) is 2.52. The normalized spacial score (nSPS) is 15.0. The Labute approximate surface area is 134 Å². The molecule has 0 radical (unpaired) electrons. The number of hydrogen-bond acceptors (Lipinski definition) is 2. The van der Waals surface area contributed by atoms with E-state index in [1.165, 1.54) is 24.8 Å². The van der Waals surface area contributed by atoms with E-state index in [-0.39, 0.29) is 0 Å². The second kappa shape index (κ2) is 8.72. The van der Waals surface area contributed by atoms with Gasteiger partial charge in [-0.05, 0) is 44.4 Å². The summed E-state index contributed by atoms with van der Waals surface area (Å²) in [5.74, 6) is 0.337. The first-order chi connectivity index (χ1) is 10.7. The maximum absolute atomic E-state index is 12.2. The molecule has 0 saturated carbocycles. The van der Waals surface area contributed by atoms with Crippen molar-refractivity contribution >= 4 is 12.0 Å². The molecule has 0 spiro atoms. The third-order valence-electron chi connectivity index (χ3n) is 4.26. The van der Waals surface area contributed by atoms with Gasteiger partial charge in [0.15, 0.2) is 0 Å². The van der Waals surface area contributed by atoms with Crippen LogP contribution in [0.1, 0.15) is 63.3 Å². The number of aromatic nitrogens is 1. The Hall–Kier alpha value is -1.64. The molecule has 0 aromatic carbocycles. The van der Waals surface area contributed by atoms with Gasteiger partial charge in [0.1, 0.15) is 0 Å². The minimum Gasteiger partial charge on any atom is -0.342 e. The van der Waals surface area contributed by atoms with Crippen LogP contribution in [0.15, 0.2) is 23.8 Å². The predicted octanol–water partition coefficient (Wildman–Crippen LogP) is 4.37. The highest BCUT2D eigenvalue weighted by molar-refractivity contribution is 5.76. The Kier molecular flexibility index (Phi) is 6.63. The van der Waals surface area contributed by atoms with E-state index in [0.717, 1.165) is 50.2 Å². The molecule has 120 valence electrons. The minimum absolute atomic E-state index is 0.337.